The third kappa shape index (κ3) is 1.47. The molecular formula is C9H8N4O. The van der Waals surface area contributed by atoms with Gasteiger partial charge in [0.1, 0.15) is 5.69 Å². The molecule has 5 nitrogen and oxygen atoms in total. The van der Waals surface area contributed by atoms with E-state index in [0.717, 1.165) is 5.56 Å². The van der Waals surface area contributed by atoms with Crippen molar-refractivity contribution in [3.05, 3.63) is 36.3 Å². The molecule has 0 radical (unpaired) electrons. The first-order valence-corrected chi connectivity index (χ1v) is 4.03. The number of aromatic amines is 1. The first-order chi connectivity index (χ1) is 6.77. The Bertz CT molecular complexity index is 450. The van der Waals surface area contributed by atoms with Crippen molar-refractivity contribution in [1.82, 2.24) is 15.2 Å². The van der Waals surface area contributed by atoms with Gasteiger partial charge in [0.25, 0.3) is 5.91 Å². The van der Waals surface area contributed by atoms with Gasteiger partial charge in [-0.1, -0.05) is 6.07 Å². The molecule has 0 spiro atoms. The average molecular weight is 188 g/mol. The average Bonchev–Trinajstić information content (AvgIpc) is 2.71. The normalized spacial score (nSPS) is 10.0. The highest BCUT2D eigenvalue weighted by Crippen LogP contribution is 2.14. The molecule has 0 aliphatic rings. The maximum Gasteiger partial charge on any atom is 0.267 e. The molecule has 0 saturated carbocycles. The van der Waals surface area contributed by atoms with E-state index in [9.17, 15) is 4.79 Å². The summed E-state index contributed by atoms with van der Waals surface area (Å²) in [5.41, 5.74) is 6.87. The molecular weight excluding hydrogens is 180 g/mol. The largest absolute Gasteiger partial charge is 0.364 e. The highest BCUT2D eigenvalue weighted by Gasteiger charge is 2.04. The first kappa shape index (κ1) is 8.43. The van der Waals surface area contributed by atoms with Crippen LogP contribution in [0.1, 0.15) is 10.5 Å². The van der Waals surface area contributed by atoms with Gasteiger partial charge in [-0.15, -0.1) is 0 Å². The zero-order valence-corrected chi connectivity index (χ0v) is 7.27. The quantitative estimate of drug-likeness (QED) is 0.722. The first-order valence-electron chi connectivity index (χ1n) is 4.03. The summed E-state index contributed by atoms with van der Waals surface area (Å²) < 4.78 is 0. The molecule has 0 bridgehead atoms. The Labute approximate surface area is 80.0 Å². The van der Waals surface area contributed by atoms with Gasteiger partial charge >= 0.3 is 0 Å². The number of amides is 1. The van der Waals surface area contributed by atoms with Crippen LogP contribution in [0.2, 0.25) is 0 Å². The van der Waals surface area contributed by atoms with Crippen molar-refractivity contribution in [2.24, 2.45) is 5.73 Å². The summed E-state index contributed by atoms with van der Waals surface area (Å²) in [6, 6.07) is 5.10. The lowest BCUT2D eigenvalue weighted by molar-refractivity contribution is 0.0995. The molecule has 0 aliphatic carbocycles. The highest BCUT2D eigenvalue weighted by atomic mass is 16.1. The van der Waals surface area contributed by atoms with Gasteiger partial charge in [-0.25, -0.2) is 4.98 Å². The van der Waals surface area contributed by atoms with E-state index in [4.69, 9.17) is 5.73 Å². The molecule has 0 saturated heterocycles. The van der Waals surface area contributed by atoms with E-state index in [1.807, 2.05) is 0 Å². The third-order valence-corrected chi connectivity index (χ3v) is 1.80. The second kappa shape index (κ2) is 3.29. The highest BCUT2D eigenvalue weighted by molar-refractivity contribution is 5.91. The lowest BCUT2D eigenvalue weighted by Crippen LogP contribution is -2.12. The van der Waals surface area contributed by atoms with E-state index in [0.29, 0.717) is 5.69 Å². The van der Waals surface area contributed by atoms with E-state index in [1.54, 1.807) is 30.6 Å². The molecule has 0 aromatic carbocycles. The second-order valence-corrected chi connectivity index (χ2v) is 2.76. The molecule has 2 aromatic rings. The van der Waals surface area contributed by atoms with Gasteiger partial charge in [0.15, 0.2) is 0 Å². The number of primary amides is 1. The standard InChI is InChI=1S/C9H8N4O/c10-9(14)8-3-1-2-7(13-8)6-4-11-12-5-6/h1-5H,(H2,10,14)(H,11,12). The molecule has 0 unspecified atom stereocenters. The second-order valence-electron chi connectivity index (χ2n) is 2.76. The number of pyridine rings is 1. The minimum absolute atomic E-state index is 0.253. The topological polar surface area (TPSA) is 84.7 Å². The minimum atomic E-state index is -0.532. The van der Waals surface area contributed by atoms with Crippen LogP contribution in [0.4, 0.5) is 0 Å². The number of carbonyl (C=O) groups excluding carboxylic acids is 1. The number of aromatic nitrogens is 3. The smallest absolute Gasteiger partial charge is 0.267 e. The molecule has 70 valence electrons. The monoisotopic (exact) mass is 188 g/mol. The van der Waals surface area contributed by atoms with E-state index < -0.39 is 5.91 Å². The molecule has 14 heavy (non-hydrogen) atoms. The number of carbonyl (C=O) groups is 1. The van der Waals surface area contributed by atoms with E-state index in [2.05, 4.69) is 15.2 Å². The molecule has 2 heterocycles. The van der Waals surface area contributed by atoms with E-state index in [-0.39, 0.29) is 5.69 Å². The molecule has 3 N–H and O–H groups in total. The van der Waals surface area contributed by atoms with Crippen LogP contribution in [0.5, 0.6) is 0 Å². The Hall–Kier alpha value is -2.17. The van der Waals surface area contributed by atoms with Crippen LogP contribution in [-0.2, 0) is 0 Å². The van der Waals surface area contributed by atoms with Crippen molar-refractivity contribution in [2.45, 2.75) is 0 Å². The van der Waals surface area contributed by atoms with Crippen LogP contribution < -0.4 is 5.73 Å². The minimum Gasteiger partial charge on any atom is -0.364 e. The Morgan fingerprint density at radius 3 is 2.93 bits per heavy atom. The van der Waals surface area contributed by atoms with Crippen LogP contribution in [0.25, 0.3) is 11.3 Å². The van der Waals surface area contributed by atoms with Crippen LogP contribution in [0.15, 0.2) is 30.6 Å². The van der Waals surface area contributed by atoms with Crippen LogP contribution in [0.3, 0.4) is 0 Å². The molecule has 2 rings (SSSR count). The maximum absolute atomic E-state index is 10.9. The van der Waals surface area contributed by atoms with Gasteiger partial charge in [-0.2, -0.15) is 5.10 Å². The zero-order valence-electron chi connectivity index (χ0n) is 7.27. The van der Waals surface area contributed by atoms with Crippen LogP contribution in [0, 0.1) is 0 Å². The number of rotatable bonds is 2. The third-order valence-electron chi connectivity index (χ3n) is 1.80. The fourth-order valence-corrected chi connectivity index (χ4v) is 1.12. The van der Waals surface area contributed by atoms with Crippen LogP contribution in [-0.4, -0.2) is 21.1 Å². The van der Waals surface area contributed by atoms with Gasteiger partial charge in [0.2, 0.25) is 0 Å². The summed E-state index contributed by atoms with van der Waals surface area (Å²) in [7, 11) is 0. The van der Waals surface area contributed by atoms with E-state index in [1.165, 1.54) is 0 Å². The predicted molar refractivity (Wildman–Crippen MR) is 50.3 cm³/mol. The fraction of sp³-hybridized carbons (Fsp3) is 0. The lowest BCUT2D eigenvalue weighted by Gasteiger charge is -1.98. The number of hydrogen-bond donors (Lipinski definition) is 2. The Balaban J connectivity index is 2.46. The summed E-state index contributed by atoms with van der Waals surface area (Å²) in [4.78, 5) is 14.9. The Morgan fingerprint density at radius 1 is 1.43 bits per heavy atom. The summed E-state index contributed by atoms with van der Waals surface area (Å²) in [6.45, 7) is 0. The van der Waals surface area contributed by atoms with Gasteiger partial charge in [-0.3, -0.25) is 9.89 Å². The molecule has 2 aromatic heterocycles. The van der Waals surface area contributed by atoms with Crippen molar-refractivity contribution >= 4 is 5.91 Å². The predicted octanol–water partition coefficient (Wildman–Crippen LogP) is 0.571. The molecule has 1 amide bonds. The van der Waals surface area contributed by atoms with Crippen molar-refractivity contribution in [2.75, 3.05) is 0 Å². The summed E-state index contributed by atoms with van der Waals surface area (Å²) in [5, 5.41) is 6.46. The number of H-pyrrole nitrogens is 1. The number of hydrogen-bond acceptors (Lipinski definition) is 3. The Kier molecular flexibility index (Phi) is 1.98. The SMILES string of the molecule is NC(=O)c1cccc(-c2cn[nH]c2)n1. The number of nitrogens with one attached hydrogen (secondary N) is 1. The number of nitrogens with zero attached hydrogens (tertiary/aromatic N) is 2. The van der Waals surface area contributed by atoms with Crippen molar-refractivity contribution in [3.63, 3.8) is 0 Å². The van der Waals surface area contributed by atoms with Gasteiger partial charge in [-0.05, 0) is 12.1 Å². The van der Waals surface area contributed by atoms with E-state index >= 15 is 0 Å². The molecule has 0 fully saturated rings. The lowest BCUT2D eigenvalue weighted by atomic mass is 10.2. The summed E-state index contributed by atoms with van der Waals surface area (Å²) in [6.07, 6.45) is 3.33. The molecule has 0 aliphatic heterocycles. The van der Waals surface area contributed by atoms with Crippen molar-refractivity contribution < 1.29 is 4.79 Å². The van der Waals surface area contributed by atoms with Crippen molar-refractivity contribution in [1.29, 1.82) is 0 Å². The maximum atomic E-state index is 10.9. The zero-order chi connectivity index (χ0) is 9.97. The Morgan fingerprint density at radius 2 is 2.29 bits per heavy atom. The number of nitrogens with two attached hydrogens (primary N) is 1. The van der Waals surface area contributed by atoms with Gasteiger partial charge in [0.05, 0.1) is 11.9 Å². The molecule has 5 heteroatoms. The summed E-state index contributed by atoms with van der Waals surface area (Å²) in [5.74, 6) is -0.532. The van der Waals surface area contributed by atoms with Gasteiger partial charge in [0, 0.05) is 11.8 Å². The van der Waals surface area contributed by atoms with Crippen molar-refractivity contribution in [3.8, 4) is 11.3 Å². The van der Waals surface area contributed by atoms with Gasteiger partial charge < -0.3 is 5.73 Å². The van der Waals surface area contributed by atoms with Crippen LogP contribution >= 0.6 is 0 Å². The summed E-state index contributed by atoms with van der Waals surface area (Å²) >= 11 is 0. The fourth-order valence-electron chi connectivity index (χ4n) is 1.12. The molecule has 0 atom stereocenters.